The number of rotatable bonds is 4. The lowest BCUT2D eigenvalue weighted by Gasteiger charge is -2.21. The molecule has 2 unspecified atom stereocenters. The second-order valence-corrected chi connectivity index (χ2v) is 5.03. The van der Waals surface area contributed by atoms with Crippen molar-refractivity contribution in [1.82, 2.24) is 4.90 Å². The molecule has 1 heterocycles. The number of aliphatic carboxylic acids is 1. The van der Waals surface area contributed by atoms with Crippen LogP contribution in [0.3, 0.4) is 0 Å². The first kappa shape index (κ1) is 14.3. The first-order chi connectivity index (χ1) is 9.47. The van der Waals surface area contributed by atoms with Gasteiger partial charge in [0.15, 0.2) is 0 Å². The van der Waals surface area contributed by atoms with Crippen LogP contribution in [0, 0.1) is 0 Å². The summed E-state index contributed by atoms with van der Waals surface area (Å²) in [6, 6.07) is 6.30. The number of nitrogens with two attached hydrogens (primary N) is 1. The standard InChI is InChI=1S/C14H18N2O4/c15-10-4-1-9(2-5-10)3-6-13(18)16-8-11(17)7-12(16)14(19)20/h1-2,4-5,11-12,17H,3,6-8,15H2,(H,19,20). The maximum Gasteiger partial charge on any atom is 0.326 e. The van der Waals surface area contributed by atoms with Crippen LogP contribution in [0.4, 0.5) is 5.69 Å². The van der Waals surface area contributed by atoms with E-state index < -0.39 is 18.1 Å². The molecule has 2 rings (SSSR count). The molecule has 108 valence electrons. The van der Waals surface area contributed by atoms with Crippen LogP contribution in [0.15, 0.2) is 24.3 Å². The summed E-state index contributed by atoms with van der Waals surface area (Å²) < 4.78 is 0. The Morgan fingerprint density at radius 3 is 2.55 bits per heavy atom. The average molecular weight is 278 g/mol. The lowest BCUT2D eigenvalue weighted by atomic mass is 10.1. The second kappa shape index (κ2) is 5.92. The molecule has 0 radical (unpaired) electrons. The van der Waals surface area contributed by atoms with E-state index in [0.29, 0.717) is 12.1 Å². The van der Waals surface area contributed by atoms with E-state index in [1.807, 2.05) is 12.1 Å². The highest BCUT2D eigenvalue weighted by Gasteiger charge is 2.38. The molecule has 1 aliphatic rings. The van der Waals surface area contributed by atoms with Crippen LogP contribution in [-0.2, 0) is 16.0 Å². The van der Waals surface area contributed by atoms with Crippen molar-refractivity contribution in [3.63, 3.8) is 0 Å². The summed E-state index contributed by atoms with van der Waals surface area (Å²) in [6.45, 7) is 0.0948. The zero-order valence-electron chi connectivity index (χ0n) is 11.0. The summed E-state index contributed by atoms with van der Waals surface area (Å²) in [7, 11) is 0. The van der Waals surface area contributed by atoms with Gasteiger partial charge in [0.1, 0.15) is 6.04 Å². The van der Waals surface area contributed by atoms with Crippen molar-refractivity contribution < 1.29 is 19.8 Å². The third-order valence-corrected chi connectivity index (χ3v) is 3.49. The minimum absolute atomic E-state index is 0.0948. The number of carbonyl (C=O) groups excluding carboxylic acids is 1. The summed E-state index contributed by atoms with van der Waals surface area (Å²) in [4.78, 5) is 24.4. The van der Waals surface area contributed by atoms with Crippen molar-refractivity contribution in [1.29, 1.82) is 0 Å². The smallest absolute Gasteiger partial charge is 0.326 e. The Bertz CT molecular complexity index is 500. The maximum atomic E-state index is 12.1. The maximum absolute atomic E-state index is 12.1. The topological polar surface area (TPSA) is 104 Å². The number of carboxylic acid groups (broad SMARTS) is 1. The predicted molar refractivity (Wildman–Crippen MR) is 72.9 cm³/mol. The first-order valence-electron chi connectivity index (χ1n) is 6.52. The minimum atomic E-state index is -1.07. The number of nitrogen functional groups attached to an aromatic ring is 1. The molecule has 0 bridgehead atoms. The number of anilines is 1. The normalized spacial score (nSPS) is 21.9. The second-order valence-electron chi connectivity index (χ2n) is 5.03. The summed E-state index contributed by atoms with van der Waals surface area (Å²) in [5, 5.41) is 18.6. The largest absolute Gasteiger partial charge is 0.480 e. The summed E-state index contributed by atoms with van der Waals surface area (Å²) in [5.41, 5.74) is 7.21. The number of hydrogen-bond acceptors (Lipinski definition) is 4. The molecule has 1 aromatic rings. The van der Waals surface area contributed by atoms with Gasteiger partial charge in [0.05, 0.1) is 6.10 Å². The van der Waals surface area contributed by atoms with Gasteiger partial charge in [0.2, 0.25) is 5.91 Å². The first-order valence-corrected chi connectivity index (χ1v) is 6.52. The van der Waals surface area contributed by atoms with Crippen LogP contribution < -0.4 is 5.73 Å². The summed E-state index contributed by atoms with van der Waals surface area (Å²) in [6.07, 6.45) is 0.0954. The fourth-order valence-corrected chi connectivity index (χ4v) is 2.40. The highest BCUT2D eigenvalue weighted by atomic mass is 16.4. The van der Waals surface area contributed by atoms with E-state index in [0.717, 1.165) is 5.56 Å². The number of likely N-dealkylation sites (tertiary alicyclic amines) is 1. The quantitative estimate of drug-likeness (QED) is 0.685. The monoisotopic (exact) mass is 278 g/mol. The van der Waals surface area contributed by atoms with Gasteiger partial charge in [-0.05, 0) is 24.1 Å². The summed E-state index contributed by atoms with van der Waals surface area (Å²) in [5.74, 6) is -1.31. The number of amides is 1. The fraction of sp³-hybridized carbons (Fsp3) is 0.429. The van der Waals surface area contributed by atoms with Crippen molar-refractivity contribution in [2.45, 2.75) is 31.4 Å². The van der Waals surface area contributed by atoms with E-state index >= 15 is 0 Å². The van der Waals surface area contributed by atoms with Crippen LogP contribution in [0.1, 0.15) is 18.4 Å². The van der Waals surface area contributed by atoms with Crippen molar-refractivity contribution in [2.24, 2.45) is 0 Å². The lowest BCUT2D eigenvalue weighted by molar-refractivity contribution is -0.148. The van der Waals surface area contributed by atoms with Crippen LogP contribution in [-0.4, -0.2) is 45.7 Å². The molecule has 1 amide bonds. The van der Waals surface area contributed by atoms with Crippen LogP contribution in [0.2, 0.25) is 0 Å². The molecule has 1 aliphatic heterocycles. The Balaban J connectivity index is 1.94. The lowest BCUT2D eigenvalue weighted by Crippen LogP contribution is -2.40. The number of aryl methyl sites for hydroxylation is 1. The molecule has 20 heavy (non-hydrogen) atoms. The number of nitrogens with zero attached hydrogens (tertiary/aromatic N) is 1. The van der Waals surface area contributed by atoms with Gasteiger partial charge in [-0.1, -0.05) is 12.1 Å². The zero-order valence-corrected chi connectivity index (χ0v) is 11.0. The molecule has 0 spiro atoms. The molecular formula is C14H18N2O4. The van der Waals surface area contributed by atoms with E-state index in [-0.39, 0.29) is 25.3 Å². The van der Waals surface area contributed by atoms with Gasteiger partial charge in [-0.2, -0.15) is 0 Å². The minimum Gasteiger partial charge on any atom is -0.480 e. The molecular weight excluding hydrogens is 260 g/mol. The zero-order chi connectivity index (χ0) is 14.7. The van der Waals surface area contributed by atoms with Gasteiger partial charge in [-0.15, -0.1) is 0 Å². The number of aliphatic hydroxyl groups excluding tert-OH is 1. The predicted octanol–water partition coefficient (Wildman–Crippen LogP) is 0.248. The molecule has 0 aromatic heterocycles. The highest BCUT2D eigenvalue weighted by Crippen LogP contribution is 2.20. The Kier molecular flexibility index (Phi) is 4.24. The van der Waals surface area contributed by atoms with E-state index in [1.165, 1.54) is 4.90 Å². The van der Waals surface area contributed by atoms with E-state index in [4.69, 9.17) is 10.8 Å². The van der Waals surface area contributed by atoms with Crippen LogP contribution in [0.25, 0.3) is 0 Å². The molecule has 2 atom stereocenters. The molecule has 0 saturated carbocycles. The van der Waals surface area contributed by atoms with Crippen LogP contribution >= 0.6 is 0 Å². The third kappa shape index (κ3) is 3.27. The number of hydrogen-bond donors (Lipinski definition) is 3. The molecule has 1 fully saturated rings. The fourth-order valence-electron chi connectivity index (χ4n) is 2.40. The van der Waals surface area contributed by atoms with Crippen molar-refractivity contribution >= 4 is 17.6 Å². The third-order valence-electron chi connectivity index (χ3n) is 3.49. The van der Waals surface area contributed by atoms with Crippen molar-refractivity contribution in [2.75, 3.05) is 12.3 Å². The number of aliphatic hydroxyl groups is 1. The van der Waals surface area contributed by atoms with Gasteiger partial charge >= 0.3 is 5.97 Å². The Labute approximate surface area is 116 Å². The average Bonchev–Trinajstić information content (AvgIpc) is 2.80. The SMILES string of the molecule is Nc1ccc(CCC(=O)N2CC(O)CC2C(=O)O)cc1. The Morgan fingerprint density at radius 1 is 1.30 bits per heavy atom. The van der Waals surface area contributed by atoms with Crippen LogP contribution in [0.5, 0.6) is 0 Å². The van der Waals surface area contributed by atoms with Gasteiger partial charge in [-0.3, -0.25) is 4.79 Å². The molecule has 4 N–H and O–H groups in total. The van der Waals surface area contributed by atoms with E-state index in [9.17, 15) is 14.7 Å². The van der Waals surface area contributed by atoms with Crippen molar-refractivity contribution in [3.05, 3.63) is 29.8 Å². The molecule has 6 heteroatoms. The van der Waals surface area contributed by atoms with Gasteiger partial charge < -0.3 is 20.8 Å². The van der Waals surface area contributed by atoms with E-state index in [1.54, 1.807) is 12.1 Å². The van der Waals surface area contributed by atoms with Gasteiger partial charge in [0, 0.05) is 25.1 Å². The van der Waals surface area contributed by atoms with Crippen molar-refractivity contribution in [3.8, 4) is 0 Å². The molecule has 1 saturated heterocycles. The summed E-state index contributed by atoms with van der Waals surface area (Å²) >= 11 is 0. The van der Waals surface area contributed by atoms with Gasteiger partial charge in [-0.25, -0.2) is 4.79 Å². The number of carbonyl (C=O) groups is 2. The highest BCUT2D eigenvalue weighted by molar-refractivity contribution is 5.84. The van der Waals surface area contributed by atoms with E-state index in [2.05, 4.69) is 0 Å². The van der Waals surface area contributed by atoms with Gasteiger partial charge in [0.25, 0.3) is 0 Å². The molecule has 1 aromatic carbocycles. The molecule has 0 aliphatic carbocycles. The Morgan fingerprint density at radius 2 is 1.95 bits per heavy atom. The molecule has 6 nitrogen and oxygen atoms in total. The number of β-amino-alcohol motifs (C(OH)–C–C–N with tert-alkyl or cyclic N) is 1. The number of carboxylic acids is 1. The Hall–Kier alpha value is -2.08. The number of benzene rings is 1.